The lowest BCUT2D eigenvalue weighted by Crippen LogP contribution is -2.45. The summed E-state index contributed by atoms with van der Waals surface area (Å²) in [4.78, 5) is 27.3. The number of rotatable bonds is 4. The van der Waals surface area contributed by atoms with E-state index < -0.39 is 17.7 Å². The highest BCUT2D eigenvalue weighted by atomic mass is 35.5. The summed E-state index contributed by atoms with van der Waals surface area (Å²) >= 11 is 12.4. The predicted octanol–water partition coefficient (Wildman–Crippen LogP) is 4.52. The smallest absolute Gasteiger partial charge is 0.334 e. The monoisotopic (exact) mass is 460 g/mol. The maximum absolute atomic E-state index is 14.9. The minimum absolute atomic E-state index is 0.0810. The standard InChI is InChI=1S/C23H19Cl2FN2O3/c1-12-18(23(30)31)21(19-15(26)8-7-14(24)22(19)25)20-16(27-12)10-28(11-17(20)29)9-13-5-3-2-4-6-13/h2-8,21,27H,9-11H2,1H3,(H,30,31). The topological polar surface area (TPSA) is 69.6 Å². The number of hydrogen-bond acceptors (Lipinski definition) is 4. The van der Waals surface area contributed by atoms with Gasteiger partial charge in [0, 0.05) is 35.6 Å². The number of carboxylic acids is 1. The van der Waals surface area contributed by atoms with Crippen molar-refractivity contribution in [1.29, 1.82) is 0 Å². The van der Waals surface area contributed by atoms with E-state index in [1.54, 1.807) is 6.92 Å². The number of carboxylic acid groups (broad SMARTS) is 1. The quantitative estimate of drug-likeness (QED) is 0.656. The third kappa shape index (κ3) is 3.99. The maximum Gasteiger partial charge on any atom is 0.334 e. The highest BCUT2D eigenvalue weighted by molar-refractivity contribution is 6.42. The normalized spacial score (nSPS) is 19.4. The number of Topliss-reactive ketones (excluding diaryl/α,β-unsaturated/α-hetero) is 1. The van der Waals surface area contributed by atoms with Gasteiger partial charge in [0.15, 0.2) is 5.78 Å². The molecule has 0 fully saturated rings. The number of hydrogen-bond donors (Lipinski definition) is 2. The maximum atomic E-state index is 14.9. The van der Waals surface area contributed by atoms with Gasteiger partial charge in [-0.1, -0.05) is 53.5 Å². The number of carbonyl (C=O) groups is 2. The Hall–Kier alpha value is -2.67. The fourth-order valence-corrected chi connectivity index (χ4v) is 4.68. The molecular weight excluding hydrogens is 442 g/mol. The van der Waals surface area contributed by atoms with Crippen LogP contribution in [0.1, 0.15) is 24.0 Å². The van der Waals surface area contributed by atoms with Crippen molar-refractivity contribution in [3.63, 3.8) is 0 Å². The van der Waals surface area contributed by atoms with Crippen LogP contribution in [-0.4, -0.2) is 34.8 Å². The van der Waals surface area contributed by atoms with Gasteiger partial charge in [0.2, 0.25) is 0 Å². The van der Waals surface area contributed by atoms with Crippen molar-refractivity contribution in [2.45, 2.75) is 19.4 Å². The van der Waals surface area contributed by atoms with Gasteiger partial charge in [0.05, 0.1) is 28.1 Å². The van der Waals surface area contributed by atoms with E-state index in [0.29, 0.717) is 24.5 Å². The zero-order valence-corrected chi connectivity index (χ0v) is 18.1. The van der Waals surface area contributed by atoms with Gasteiger partial charge in [-0.2, -0.15) is 0 Å². The summed E-state index contributed by atoms with van der Waals surface area (Å²) in [6, 6.07) is 12.2. The minimum atomic E-state index is -1.25. The molecule has 1 atom stereocenters. The fourth-order valence-electron chi connectivity index (χ4n) is 4.25. The Labute approximate surface area is 188 Å². The number of halogens is 3. The molecular formula is C23H19Cl2FN2O3. The van der Waals surface area contributed by atoms with Gasteiger partial charge in [-0.3, -0.25) is 9.69 Å². The van der Waals surface area contributed by atoms with Crippen LogP contribution < -0.4 is 5.32 Å². The van der Waals surface area contributed by atoms with E-state index in [-0.39, 0.29) is 39.1 Å². The predicted molar refractivity (Wildman–Crippen MR) is 116 cm³/mol. The Morgan fingerprint density at radius 1 is 1.19 bits per heavy atom. The molecule has 8 heteroatoms. The molecule has 31 heavy (non-hydrogen) atoms. The second-order valence-electron chi connectivity index (χ2n) is 7.60. The van der Waals surface area contributed by atoms with Crippen molar-refractivity contribution in [2.24, 2.45) is 0 Å². The van der Waals surface area contributed by atoms with Gasteiger partial charge in [-0.25, -0.2) is 9.18 Å². The largest absolute Gasteiger partial charge is 0.478 e. The molecule has 2 N–H and O–H groups in total. The minimum Gasteiger partial charge on any atom is -0.478 e. The lowest BCUT2D eigenvalue weighted by atomic mass is 9.77. The molecule has 4 rings (SSSR count). The molecule has 0 aromatic heterocycles. The summed E-state index contributed by atoms with van der Waals surface area (Å²) in [6.07, 6.45) is 0. The van der Waals surface area contributed by atoms with Crippen LogP contribution in [0.5, 0.6) is 0 Å². The molecule has 2 aliphatic rings. The molecule has 2 aromatic carbocycles. The lowest BCUT2D eigenvalue weighted by Gasteiger charge is -2.38. The van der Waals surface area contributed by atoms with Crippen LogP contribution in [0.2, 0.25) is 10.0 Å². The van der Waals surface area contributed by atoms with Crippen LogP contribution in [0.3, 0.4) is 0 Å². The lowest BCUT2D eigenvalue weighted by molar-refractivity contribution is -0.133. The highest BCUT2D eigenvalue weighted by Crippen LogP contribution is 2.45. The molecule has 0 saturated heterocycles. The van der Waals surface area contributed by atoms with Crippen molar-refractivity contribution in [3.05, 3.63) is 92.0 Å². The average Bonchev–Trinajstić information content (AvgIpc) is 2.71. The zero-order chi connectivity index (χ0) is 22.3. The zero-order valence-electron chi connectivity index (χ0n) is 16.6. The first-order valence-corrected chi connectivity index (χ1v) is 10.4. The van der Waals surface area contributed by atoms with E-state index in [1.165, 1.54) is 6.07 Å². The number of carbonyl (C=O) groups excluding carboxylic acids is 1. The Kier molecular flexibility index (Phi) is 5.88. The van der Waals surface area contributed by atoms with Crippen LogP contribution in [0.25, 0.3) is 0 Å². The molecule has 0 saturated carbocycles. The number of allylic oxidation sites excluding steroid dienone is 1. The number of benzene rings is 2. The van der Waals surface area contributed by atoms with Crippen molar-refractivity contribution < 1.29 is 19.1 Å². The Morgan fingerprint density at radius 2 is 1.90 bits per heavy atom. The third-order valence-electron chi connectivity index (χ3n) is 5.54. The number of nitrogens with zero attached hydrogens (tertiary/aromatic N) is 1. The van der Waals surface area contributed by atoms with Crippen molar-refractivity contribution >= 4 is 35.0 Å². The second-order valence-corrected chi connectivity index (χ2v) is 8.39. The molecule has 0 radical (unpaired) electrons. The highest BCUT2D eigenvalue weighted by Gasteiger charge is 2.42. The van der Waals surface area contributed by atoms with E-state index >= 15 is 0 Å². The van der Waals surface area contributed by atoms with Gasteiger partial charge in [0.25, 0.3) is 0 Å². The third-order valence-corrected chi connectivity index (χ3v) is 6.36. The number of dihydropyridines is 1. The molecule has 2 aromatic rings. The fraction of sp³-hybridized carbons (Fsp3) is 0.217. The van der Waals surface area contributed by atoms with Crippen LogP contribution in [0.15, 0.2) is 65.0 Å². The second kappa shape index (κ2) is 8.46. The Balaban J connectivity index is 1.81. The molecule has 2 aliphatic heterocycles. The summed E-state index contributed by atoms with van der Waals surface area (Å²) < 4.78 is 14.9. The van der Waals surface area contributed by atoms with E-state index in [0.717, 1.165) is 11.6 Å². The van der Waals surface area contributed by atoms with Crippen LogP contribution in [0.4, 0.5) is 4.39 Å². The number of ketones is 1. The van der Waals surface area contributed by atoms with E-state index in [4.69, 9.17) is 23.2 Å². The first kappa shape index (κ1) is 21.6. The molecule has 0 amide bonds. The number of nitrogens with one attached hydrogen (secondary N) is 1. The Bertz CT molecular complexity index is 1150. The van der Waals surface area contributed by atoms with Crippen LogP contribution in [0, 0.1) is 5.82 Å². The average molecular weight is 461 g/mol. The summed E-state index contributed by atoms with van der Waals surface area (Å²) in [6.45, 7) is 2.61. The van der Waals surface area contributed by atoms with Gasteiger partial charge in [0.1, 0.15) is 5.82 Å². The van der Waals surface area contributed by atoms with Gasteiger partial charge >= 0.3 is 5.97 Å². The van der Waals surface area contributed by atoms with E-state index in [9.17, 15) is 19.1 Å². The molecule has 2 heterocycles. The van der Waals surface area contributed by atoms with Crippen LogP contribution >= 0.6 is 23.2 Å². The van der Waals surface area contributed by atoms with Crippen molar-refractivity contribution in [2.75, 3.05) is 13.1 Å². The molecule has 160 valence electrons. The first-order valence-electron chi connectivity index (χ1n) is 9.65. The molecule has 1 unspecified atom stereocenters. The van der Waals surface area contributed by atoms with E-state index in [1.807, 2.05) is 35.2 Å². The van der Waals surface area contributed by atoms with Crippen molar-refractivity contribution in [1.82, 2.24) is 10.2 Å². The summed E-state index contributed by atoms with van der Waals surface area (Å²) in [5, 5.41) is 12.9. The Morgan fingerprint density at radius 3 is 2.58 bits per heavy atom. The number of aliphatic carboxylic acids is 1. The van der Waals surface area contributed by atoms with Crippen molar-refractivity contribution in [3.8, 4) is 0 Å². The molecule has 0 spiro atoms. The molecule has 0 bridgehead atoms. The first-order chi connectivity index (χ1) is 14.8. The van der Waals surface area contributed by atoms with Crippen LogP contribution in [-0.2, 0) is 16.1 Å². The summed E-state index contributed by atoms with van der Waals surface area (Å²) in [7, 11) is 0. The van der Waals surface area contributed by atoms with E-state index in [2.05, 4.69) is 5.32 Å². The summed E-state index contributed by atoms with van der Waals surface area (Å²) in [5.74, 6) is -3.39. The SMILES string of the molecule is CC1=C(C(=O)O)C(c2c(F)ccc(Cl)c2Cl)C2=C(CN(Cc3ccccc3)CC2=O)N1. The van der Waals surface area contributed by atoms with Gasteiger partial charge < -0.3 is 10.4 Å². The molecule has 5 nitrogen and oxygen atoms in total. The molecule has 0 aliphatic carbocycles. The van der Waals surface area contributed by atoms with Gasteiger partial charge in [-0.15, -0.1) is 0 Å². The summed E-state index contributed by atoms with van der Waals surface area (Å²) in [5.41, 5.74) is 1.94. The van der Waals surface area contributed by atoms with Gasteiger partial charge in [-0.05, 0) is 24.6 Å².